The quantitative estimate of drug-likeness (QED) is 0.656. The van der Waals surface area contributed by atoms with Crippen LogP contribution in [0.4, 0.5) is 13.2 Å². The van der Waals surface area contributed by atoms with E-state index in [4.69, 9.17) is 23.2 Å². The van der Waals surface area contributed by atoms with Gasteiger partial charge in [-0.2, -0.15) is 18.3 Å². The summed E-state index contributed by atoms with van der Waals surface area (Å²) in [4.78, 5) is 16.8. The lowest BCUT2D eigenvalue weighted by molar-refractivity contribution is -0.141. The molecule has 30 heavy (non-hydrogen) atoms. The molecule has 0 radical (unpaired) electrons. The van der Waals surface area contributed by atoms with Crippen molar-refractivity contribution >= 4 is 29.1 Å². The maximum atomic E-state index is 12.8. The molecule has 2 heterocycles. The van der Waals surface area contributed by atoms with Crippen molar-refractivity contribution in [1.82, 2.24) is 19.6 Å². The number of carbonyl (C=O) groups excluding carboxylic acids is 1. The number of alkyl halides is 3. The molecular weight excluding hydrogens is 440 g/mol. The zero-order chi connectivity index (χ0) is 22.1. The van der Waals surface area contributed by atoms with Gasteiger partial charge in [0.2, 0.25) is 5.91 Å². The second kappa shape index (κ2) is 9.16. The fraction of sp³-hybridized carbons (Fsp3) is 0.500. The summed E-state index contributed by atoms with van der Waals surface area (Å²) in [6.45, 7) is 6.65. The van der Waals surface area contributed by atoms with Crippen molar-refractivity contribution in [1.29, 1.82) is 0 Å². The zero-order valence-corrected chi connectivity index (χ0v) is 18.2. The monoisotopic (exact) mass is 462 g/mol. The first-order chi connectivity index (χ1) is 14.0. The number of halogens is 5. The van der Waals surface area contributed by atoms with E-state index in [1.54, 1.807) is 24.8 Å². The van der Waals surface area contributed by atoms with Gasteiger partial charge >= 0.3 is 6.18 Å². The van der Waals surface area contributed by atoms with Crippen LogP contribution in [0.1, 0.15) is 23.9 Å². The summed E-state index contributed by atoms with van der Waals surface area (Å²) >= 11 is 12.0. The fourth-order valence-electron chi connectivity index (χ4n) is 3.51. The Hall–Kier alpha value is -1.77. The third-order valence-corrected chi connectivity index (χ3v) is 5.95. The first kappa shape index (κ1) is 22.9. The van der Waals surface area contributed by atoms with Gasteiger partial charge < -0.3 is 4.90 Å². The summed E-state index contributed by atoms with van der Waals surface area (Å²) in [6.07, 6.45) is -4.49. The van der Waals surface area contributed by atoms with E-state index >= 15 is 0 Å². The van der Waals surface area contributed by atoms with E-state index in [1.807, 2.05) is 12.1 Å². The lowest BCUT2D eigenvalue weighted by Crippen LogP contribution is -2.50. The first-order valence-electron chi connectivity index (χ1n) is 9.61. The molecule has 1 aliphatic heterocycles. The van der Waals surface area contributed by atoms with Gasteiger partial charge in [0.25, 0.3) is 0 Å². The highest BCUT2D eigenvalue weighted by molar-refractivity contribution is 6.42. The molecule has 1 atom stereocenters. The number of aromatic nitrogens is 2. The highest BCUT2D eigenvalue weighted by Gasteiger charge is 2.35. The normalized spacial score (nSPS) is 16.7. The average molecular weight is 463 g/mol. The number of benzene rings is 1. The Kier molecular flexibility index (Phi) is 6.99. The minimum Gasteiger partial charge on any atom is -0.340 e. The number of aryl methyl sites for hydroxylation is 1. The molecule has 1 aliphatic rings. The second-order valence-electron chi connectivity index (χ2n) is 7.60. The lowest BCUT2D eigenvalue weighted by Gasteiger charge is -2.36. The molecule has 164 valence electrons. The van der Waals surface area contributed by atoms with Crippen molar-refractivity contribution < 1.29 is 18.0 Å². The standard InChI is InChI=1S/C20H23Cl2F3N4O/c1-13(11-29-14(2)9-18(26-29)20(23,24)25)19(30)28-7-5-27(6-8-28)12-15-3-4-16(21)17(22)10-15/h3-4,9-10,13H,5-8,11-12H2,1-2H3. The van der Waals surface area contributed by atoms with Gasteiger partial charge in [0.05, 0.1) is 22.5 Å². The van der Waals surface area contributed by atoms with Crippen molar-refractivity contribution in [2.24, 2.45) is 5.92 Å². The van der Waals surface area contributed by atoms with E-state index in [9.17, 15) is 18.0 Å². The highest BCUT2D eigenvalue weighted by atomic mass is 35.5. The van der Waals surface area contributed by atoms with Crippen LogP contribution in [0.5, 0.6) is 0 Å². The molecule has 1 aromatic carbocycles. The van der Waals surface area contributed by atoms with Gasteiger partial charge in [-0.05, 0) is 30.7 Å². The number of rotatable bonds is 5. The summed E-state index contributed by atoms with van der Waals surface area (Å²) in [5.74, 6) is -0.543. The Labute approximate surface area is 183 Å². The van der Waals surface area contributed by atoms with Crippen molar-refractivity contribution in [2.45, 2.75) is 33.1 Å². The predicted octanol–water partition coefficient (Wildman–Crippen LogP) is 4.50. The molecule has 1 amide bonds. The Morgan fingerprint density at radius 1 is 1.13 bits per heavy atom. The van der Waals surface area contributed by atoms with Crippen LogP contribution >= 0.6 is 23.2 Å². The molecule has 1 saturated heterocycles. The van der Waals surface area contributed by atoms with Crippen molar-refractivity contribution in [3.05, 3.63) is 51.3 Å². The van der Waals surface area contributed by atoms with Crippen LogP contribution in [-0.2, 0) is 24.1 Å². The SMILES string of the molecule is Cc1cc(C(F)(F)F)nn1CC(C)C(=O)N1CCN(Cc2ccc(Cl)c(Cl)c2)CC1. The number of hydrogen-bond acceptors (Lipinski definition) is 3. The summed E-state index contributed by atoms with van der Waals surface area (Å²) in [6, 6.07) is 6.53. The Morgan fingerprint density at radius 2 is 1.80 bits per heavy atom. The van der Waals surface area contributed by atoms with Crippen LogP contribution in [0, 0.1) is 12.8 Å². The molecule has 10 heteroatoms. The summed E-state index contributed by atoms with van der Waals surface area (Å²) < 4.78 is 39.8. The van der Waals surface area contributed by atoms with E-state index in [0.717, 1.165) is 11.6 Å². The van der Waals surface area contributed by atoms with E-state index in [1.165, 1.54) is 4.68 Å². The minimum atomic E-state index is -4.49. The molecular formula is C20H23Cl2F3N4O. The van der Waals surface area contributed by atoms with Crippen LogP contribution in [0.25, 0.3) is 0 Å². The number of hydrogen-bond donors (Lipinski definition) is 0. The van der Waals surface area contributed by atoms with Gasteiger partial charge in [-0.15, -0.1) is 0 Å². The van der Waals surface area contributed by atoms with Gasteiger partial charge in [-0.1, -0.05) is 36.2 Å². The smallest absolute Gasteiger partial charge is 0.340 e. The number of nitrogens with zero attached hydrogens (tertiary/aromatic N) is 4. The van der Waals surface area contributed by atoms with Crippen molar-refractivity contribution in [2.75, 3.05) is 26.2 Å². The lowest BCUT2D eigenvalue weighted by atomic mass is 10.1. The molecule has 0 spiro atoms. The number of piperazine rings is 1. The molecule has 2 aromatic rings. The summed E-state index contributed by atoms with van der Waals surface area (Å²) in [5.41, 5.74) is 0.496. The molecule has 1 unspecified atom stereocenters. The Morgan fingerprint density at radius 3 is 2.37 bits per heavy atom. The van der Waals surface area contributed by atoms with Crippen molar-refractivity contribution in [3.8, 4) is 0 Å². The van der Waals surface area contributed by atoms with Gasteiger partial charge in [0, 0.05) is 38.4 Å². The third-order valence-electron chi connectivity index (χ3n) is 5.21. The van der Waals surface area contributed by atoms with Crippen LogP contribution in [0.3, 0.4) is 0 Å². The molecule has 0 N–H and O–H groups in total. The van der Waals surface area contributed by atoms with E-state index in [2.05, 4.69) is 10.00 Å². The van der Waals surface area contributed by atoms with E-state index in [0.29, 0.717) is 48.5 Å². The molecule has 0 bridgehead atoms. The summed E-state index contributed by atoms with van der Waals surface area (Å²) in [5, 5.41) is 4.64. The van der Waals surface area contributed by atoms with Gasteiger partial charge in [-0.3, -0.25) is 14.4 Å². The van der Waals surface area contributed by atoms with Gasteiger partial charge in [-0.25, -0.2) is 0 Å². The van der Waals surface area contributed by atoms with Crippen molar-refractivity contribution in [3.63, 3.8) is 0 Å². The van der Waals surface area contributed by atoms with Gasteiger partial charge in [0.15, 0.2) is 5.69 Å². The second-order valence-corrected chi connectivity index (χ2v) is 8.42. The topological polar surface area (TPSA) is 41.4 Å². The molecule has 0 saturated carbocycles. The van der Waals surface area contributed by atoms with Crippen LogP contribution in [0.2, 0.25) is 10.0 Å². The van der Waals surface area contributed by atoms with E-state index in [-0.39, 0.29) is 12.5 Å². The molecule has 1 aromatic heterocycles. The maximum Gasteiger partial charge on any atom is 0.435 e. The molecule has 1 fully saturated rings. The van der Waals surface area contributed by atoms with E-state index < -0.39 is 17.8 Å². The maximum absolute atomic E-state index is 12.8. The first-order valence-corrected chi connectivity index (χ1v) is 10.4. The number of amides is 1. The minimum absolute atomic E-state index is 0.0763. The largest absolute Gasteiger partial charge is 0.435 e. The van der Waals surface area contributed by atoms with Crippen LogP contribution in [0.15, 0.2) is 24.3 Å². The molecule has 5 nitrogen and oxygen atoms in total. The van der Waals surface area contributed by atoms with Gasteiger partial charge in [0.1, 0.15) is 0 Å². The zero-order valence-electron chi connectivity index (χ0n) is 16.7. The third kappa shape index (κ3) is 5.47. The number of carbonyl (C=O) groups is 1. The van der Waals surface area contributed by atoms with Crippen LogP contribution < -0.4 is 0 Å². The van der Waals surface area contributed by atoms with Crippen LogP contribution in [-0.4, -0.2) is 51.7 Å². The Balaban J connectivity index is 1.53. The average Bonchev–Trinajstić information content (AvgIpc) is 3.05. The fourth-order valence-corrected chi connectivity index (χ4v) is 3.83. The Bertz CT molecular complexity index is 908. The predicted molar refractivity (Wildman–Crippen MR) is 109 cm³/mol. The highest BCUT2D eigenvalue weighted by Crippen LogP contribution is 2.29. The summed E-state index contributed by atoms with van der Waals surface area (Å²) in [7, 11) is 0. The molecule has 3 rings (SSSR count). The molecule has 0 aliphatic carbocycles.